The highest BCUT2D eigenvalue weighted by atomic mass is 16.5. The van der Waals surface area contributed by atoms with Gasteiger partial charge in [0.05, 0.1) is 20.8 Å². The molecule has 0 spiro atoms. The molecule has 3 aromatic rings. The van der Waals surface area contributed by atoms with Crippen molar-refractivity contribution in [3.05, 3.63) is 64.6 Å². The van der Waals surface area contributed by atoms with Crippen LogP contribution >= 0.6 is 0 Å². The van der Waals surface area contributed by atoms with E-state index in [9.17, 15) is 9.59 Å². The number of ether oxygens (including phenoxy) is 3. The van der Waals surface area contributed by atoms with Gasteiger partial charge in [0.15, 0.2) is 5.78 Å². The summed E-state index contributed by atoms with van der Waals surface area (Å²) in [5.41, 5.74) is 0.0847. The van der Waals surface area contributed by atoms with Crippen LogP contribution in [0.15, 0.2) is 53.5 Å². The minimum atomic E-state index is -0.593. The summed E-state index contributed by atoms with van der Waals surface area (Å²) in [6.07, 6.45) is 1.69. The zero-order chi connectivity index (χ0) is 20.1. The van der Waals surface area contributed by atoms with Crippen LogP contribution in [0.5, 0.6) is 17.2 Å². The third kappa shape index (κ3) is 4.15. The van der Waals surface area contributed by atoms with Crippen molar-refractivity contribution >= 4 is 16.6 Å². The highest BCUT2D eigenvalue weighted by Gasteiger charge is 2.09. The number of rotatable bonds is 8. The molecule has 2 aromatic carbocycles. The number of ketones is 1. The number of pyridine rings is 1. The van der Waals surface area contributed by atoms with Crippen molar-refractivity contribution < 1.29 is 24.1 Å². The number of carbonyl (C=O) groups excluding carboxylic acids is 1. The standard InChI is InChI=1S/C21H21NO6/c1-26-16-10-17(27-2)12-18(11-16)28-8-7-22-6-5-14-3-4-15(20(24)13-23)9-19(14)21(22)25/h3-6,9-12,23H,7-8,13H2,1-2H3. The number of nitrogens with zero attached hydrogens (tertiary/aromatic N) is 1. The first-order valence-corrected chi connectivity index (χ1v) is 8.69. The molecule has 0 saturated heterocycles. The Labute approximate surface area is 161 Å². The van der Waals surface area contributed by atoms with E-state index in [1.165, 1.54) is 10.6 Å². The largest absolute Gasteiger partial charge is 0.496 e. The Hall–Kier alpha value is -3.32. The number of aliphatic hydroxyl groups excluding tert-OH is 1. The van der Waals surface area contributed by atoms with E-state index in [1.54, 1.807) is 56.8 Å². The molecule has 7 nitrogen and oxygen atoms in total. The molecule has 1 N–H and O–H groups in total. The smallest absolute Gasteiger partial charge is 0.258 e. The van der Waals surface area contributed by atoms with Gasteiger partial charge in [0.1, 0.15) is 30.5 Å². The molecule has 146 valence electrons. The fraction of sp³-hybridized carbons (Fsp3) is 0.238. The first kappa shape index (κ1) is 19.4. The molecule has 1 heterocycles. The van der Waals surface area contributed by atoms with E-state index in [-0.39, 0.29) is 12.2 Å². The second-order valence-electron chi connectivity index (χ2n) is 6.09. The number of Topliss-reactive ketones (excluding diaryl/α,β-unsaturated/α-hetero) is 1. The monoisotopic (exact) mass is 383 g/mol. The van der Waals surface area contributed by atoms with Gasteiger partial charge in [-0.3, -0.25) is 9.59 Å². The molecule has 0 saturated carbocycles. The average molecular weight is 383 g/mol. The molecule has 7 heteroatoms. The molecule has 0 atom stereocenters. The minimum absolute atomic E-state index is 0.225. The topological polar surface area (TPSA) is 87.0 Å². The molecule has 0 bridgehead atoms. The minimum Gasteiger partial charge on any atom is -0.496 e. The van der Waals surface area contributed by atoms with Gasteiger partial charge in [0, 0.05) is 35.3 Å². The highest BCUT2D eigenvalue weighted by molar-refractivity contribution is 6.00. The molecule has 0 aliphatic rings. The molecule has 0 aliphatic heterocycles. The predicted octanol–water partition coefficient (Wildman–Crippen LogP) is 2.27. The van der Waals surface area contributed by atoms with Crippen LogP contribution in [-0.4, -0.2) is 42.9 Å². The maximum Gasteiger partial charge on any atom is 0.258 e. The molecule has 0 fully saturated rings. The number of carbonyl (C=O) groups is 1. The number of aromatic nitrogens is 1. The van der Waals surface area contributed by atoms with Gasteiger partial charge < -0.3 is 23.9 Å². The number of aliphatic hydroxyl groups is 1. The Balaban J connectivity index is 1.78. The molecule has 0 radical (unpaired) electrons. The molecule has 1 aromatic heterocycles. The number of fused-ring (bicyclic) bond motifs is 1. The van der Waals surface area contributed by atoms with Crippen LogP contribution in [-0.2, 0) is 6.54 Å². The highest BCUT2D eigenvalue weighted by Crippen LogP contribution is 2.27. The molecule has 0 aliphatic carbocycles. The first-order valence-electron chi connectivity index (χ1n) is 8.69. The fourth-order valence-corrected chi connectivity index (χ4v) is 2.85. The number of benzene rings is 2. The van der Waals surface area contributed by atoms with Crippen LogP contribution in [0.4, 0.5) is 0 Å². The lowest BCUT2D eigenvalue weighted by Gasteiger charge is -2.12. The lowest BCUT2D eigenvalue weighted by Crippen LogP contribution is -2.23. The van der Waals surface area contributed by atoms with E-state index >= 15 is 0 Å². The van der Waals surface area contributed by atoms with Crippen molar-refractivity contribution in [3.8, 4) is 17.2 Å². The van der Waals surface area contributed by atoms with E-state index in [2.05, 4.69) is 0 Å². The Morgan fingerprint density at radius 2 is 1.68 bits per heavy atom. The van der Waals surface area contributed by atoms with Gasteiger partial charge in [0.25, 0.3) is 5.56 Å². The third-order valence-corrected chi connectivity index (χ3v) is 4.37. The molecule has 28 heavy (non-hydrogen) atoms. The van der Waals surface area contributed by atoms with Gasteiger partial charge in [-0.2, -0.15) is 0 Å². The normalized spacial score (nSPS) is 10.7. The lowest BCUT2D eigenvalue weighted by atomic mass is 10.1. The molecule has 0 unspecified atom stereocenters. The van der Waals surface area contributed by atoms with Gasteiger partial charge in [-0.15, -0.1) is 0 Å². The van der Waals surface area contributed by atoms with Gasteiger partial charge in [-0.25, -0.2) is 0 Å². The summed E-state index contributed by atoms with van der Waals surface area (Å²) < 4.78 is 17.7. The summed E-state index contributed by atoms with van der Waals surface area (Å²) in [4.78, 5) is 24.4. The molecular weight excluding hydrogens is 362 g/mol. The zero-order valence-corrected chi connectivity index (χ0v) is 15.7. The van der Waals surface area contributed by atoms with Crippen molar-refractivity contribution in [2.24, 2.45) is 0 Å². The summed E-state index contributed by atoms with van der Waals surface area (Å²) in [6, 6.07) is 11.8. The number of hydrogen-bond acceptors (Lipinski definition) is 6. The SMILES string of the molecule is COc1cc(OC)cc(OCCn2ccc3ccc(C(=O)CO)cc3c2=O)c1. The van der Waals surface area contributed by atoms with Gasteiger partial charge in [-0.05, 0) is 17.5 Å². The van der Waals surface area contributed by atoms with E-state index in [1.807, 2.05) is 0 Å². The van der Waals surface area contributed by atoms with Crippen molar-refractivity contribution in [2.45, 2.75) is 6.54 Å². The maximum absolute atomic E-state index is 12.7. The Bertz CT molecular complexity index is 1030. The van der Waals surface area contributed by atoms with Crippen LogP contribution in [0, 0.1) is 0 Å². The van der Waals surface area contributed by atoms with Gasteiger partial charge in [-0.1, -0.05) is 12.1 Å². The summed E-state index contributed by atoms with van der Waals surface area (Å²) in [5.74, 6) is 1.37. The molecule has 0 amide bonds. The predicted molar refractivity (Wildman–Crippen MR) is 105 cm³/mol. The Morgan fingerprint density at radius 3 is 2.32 bits per heavy atom. The summed E-state index contributed by atoms with van der Waals surface area (Å²) >= 11 is 0. The van der Waals surface area contributed by atoms with Crippen LogP contribution in [0.25, 0.3) is 10.8 Å². The second kappa shape index (κ2) is 8.58. The van der Waals surface area contributed by atoms with Gasteiger partial charge in [0.2, 0.25) is 0 Å². The molecular formula is C21H21NO6. The lowest BCUT2D eigenvalue weighted by molar-refractivity contribution is 0.0904. The first-order chi connectivity index (χ1) is 13.5. The van der Waals surface area contributed by atoms with Crippen LogP contribution in [0.1, 0.15) is 10.4 Å². The Morgan fingerprint density at radius 1 is 1.00 bits per heavy atom. The van der Waals surface area contributed by atoms with Crippen molar-refractivity contribution in [1.82, 2.24) is 4.57 Å². The summed E-state index contributed by atoms with van der Waals surface area (Å²) in [6.45, 7) is -0.00611. The van der Waals surface area contributed by atoms with Crippen LogP contribution in [0.3, 0.4) is 0 Å². The van der Waals surface area contributed by atoms with Crippen LogP contribution < -0.4 is 19.8 Å². The fourth-order valence-electron chi connectivity index (χ4n) is 2.85. The van der Waals surface area contributed by atoms with Crippen molar-refractivity contribution in [2.75, 3.05) is 27.4 Å². The second-order valence-corrected chi connectivity index (χ2v) is 6.09. The maximum atomic E-state index is 12.7. The van der Waals surface area contributed by atoms with E-state index in [0.29, 0.717) is 34.7 Å². The zero-order valence-electron chi connectivity index (χ0n) is 15.7. The van der Waals surface area contributed by atoms with E-state index in [4.69, 9.17) is 19.3 Å². The quantitative estimate of drug-likeness (QED) is 0.601. The van der Waals surface area contributed by atoms with Crippen molar-refractivity contribution in [3.63, 3.8) is 0 Å². The Kier molecular flexibility index (Phi) is 5.96. The number of hydrogen-bond donors (Lipinski definition) is 1. The van der Waals surface area contributed by atoms with E-state index < -0.39 is 12.4 Å². The van der Waals surface area contributed by atoms with Gasteiger partial charge >= 0.3 is 0 Å². The third-order valence-electron chi connectivity index (χ3n) is 4.37. The molecule has 3 rings (SSSR count). The van der Waals surface area contributed by atoms with E-state index in [0.717, 1.165) is 5.39 Å². The number of methoxy groups -OCH3 is 2. The summed E-state index contributed by atoms with van der Waals surface area (Å²) in [5, 5.41) is 10.2. The summed E-state index contributed by atoms with van der Waals surface area (Å²) in [7, 11) is 3.12. The van der Waals surface area contributed by atoms with Crippen molar-refractivity contribution in [1.29, 1.82) is 0 Å². The average Bonchev–Trinajstić information content (AvgIpc) is 2.74. The van der Waals surface area contributed by atoms with Crippen LogP contribution in [0.2, 0.25) is 0 Å².